The van der Waals surface area contributed by atoms with E-state index in [0.717, 1.165) is 29.0 Å². The Morgan fingerprint density at radius 2 is 2.00 bits per heavy atom. The zero-order chi connectivity index (χ0) is 18.3. The van der Waals surface area contributed by atoms with Crippen LogP contribution in [0.15, 0.2) is 48.6 Å². The van der Waals surface area contributed by atoms with Gasteiger partial charge in [-0.2, -0.15) is 0 Å². The summed E-state index contributed by atoms with van der Waals surface area (Å²) in [6.45, 7) is 0. The summed E-state index contributed by atoms with van der Waals surface area (Å²) in [4.78, 5) is 11.3. The van der Waals surface area contributed by atoms with Gasteiger partial charge in [-0.15, -0.1) is 0 Å². The molecule has 0 aromatic heterocycles. The van der Waals surface area contributed by atoms with Gasteiger partial charge >= 0.3 is 5.97 Å². The number of ether oxygens (including phenoxy) is 2. The van der Waals surface area contributed by atoms with E-state index in [0.29, 0.717) is 17.2 Å². The van der Waals surface area contributed by atoms with Crippen molar-refractivity contribution in [2.45, 2.75) is 18.4 Å². The fourth-order valence-corrected chi connectivity index (χ4v) is 4.19. The molecule has 0 bridgehead atoms. The van der Waals surface area contributed by atoms with Gasteiger partial charge < -0.3 is 19.9 Å². The fraction of sp³-hybridized carbons (Fsp3) is 0.286. The molecule has 0 amide bonds. The summed E-state index contributed by atoms with van der Waals surface area (Å²) < 4.78 is 11.1. The van der Waals surface area contributed by atoms with Crippen LogP contribution < -0.4 is 14.8 Å². The van der Waals surface area contributed by atoms with Gasteiger partial charge in [0.2, 0.25) is 0 Å². The van der Waals surface area contributed by atoms with E-state index in [-0.39, 0.29) is 12.0 Å². The molecule has 3 atom stereocenters. The molecule has 26 heavy (non-hydrogen) atoms. The van der Waals surface area contributed by atoms with Crippen molar-refractivity contribution in [3.63, 3.8) is 0 Å². The molecule has 4 rings (SSSR count). The van der Waals surface area contributed by atoms with E-state index < -0.39 is 5.97 Å². The number of para-hydroxylation sites is 1. The quantitative estimate of drug-likeness (QED) is 0.807. The number of anilines is 1. The molecule has 0 saturated heterocycles. The Labute approximate surface area is 152 Å². The van der Waals surface area contributed by atoms with Crippen LogP contribution >= 0.6 is 0 Å². The van der Waals surface area contributed by atoms with Crippen LogP contribution in [0.4, 0.5) is 5.69 Å². The highest BCUT2D eigenvalue weighted by Crippen LogP contribution is 2.52. The lowest BCUT2D eigenvalue weighted by molar-refractivity contribution is 0.0696. The first-order valence-corrected chi connectivity index (χ1v) is 8.65. The van der Waals surface area contributed by atoms with E-state index in [1.54, 1.807) is 26.4 Å². The summed E-state index contributed by atoms with van der Waals surface area (Å²) in [5.41, 5.74) is 3.39. The number of hydrogen-bond donors (Lipinski definition) is 2. The Morgan fingerprint density at radius 3 is 2.73 bits per heavy atom. The van der Waals surface area contributed by atoms with Gasteiger partial charge in [0.1, 0.15) is 0 Å². The van der Waals surface area contributed by atoms with Crippen LogP contribution in [0.1, 0.15) is 39.9 Å². The first-order chi connectivity index (χ1) is 12.6. The van der Waals surface area contributed by atoms with Gasteiger partial charge in [-0.25, -0.2) is 4.79 Å². The van der Waals surface area contributed by atoms with Crippen LogP contribution in [0, 0.1) is 5.92 Å². The van der Waals surface area contributed by atoms with Crippen molar-refractivity contribution in [1.29, 1.82) is 0 Å². The maximum Gasteiger partial charge on any atom is 0.335 e. The van der Waals surface area contributed by atoms with Gasteiger partial charge in [0.25, 0.3) is 0 Å². The van der Waals surface area contributed by atoms with E-state index in [9.17, 15) is 9.90 Å². The highest BCUT2D eigenvalue weighted by Gasteiger charge is 2.39. The SMILES string of the molecule is COc1cccc([C@H]2Nc3ccc(C(=O)O)cc3[C@@H]3C=CC[C@@H]23)c1OC. The van der Waals surface area contributed by atoms with Gasteiger partial charge in [-0.1, -0.05) is 24.3 Å². The number of methoxy groups -OCH3 is 2. The van der Waals surface area contributed by atoms with E-state index in [2.05, 4.69) is 23.5 Å². The topological polar surface area (TPSA) is 67.8 Å². The summed E-state index contributed by atoms with van der Waals surface area (Å²) >= 11 is 0. The molecule has 5 heteroatoms. The van der Waals surface area contributed by atoms with Crippen LogP contribution in [0.2, 0.25) is 0 Å². The normalized spacial score (nSPS) is 22.9. The molecule has 0 radical (unpaired) electrons. The minimum absolute atomic E-state index is 0.0585. The van der Waals surface area contributed by atoms with Crippen LogP contribution in [-0.4, -0.2) is 25.3 Å². The molecule has 0 fully saturated rings. The fourth-order valence-electron chi connectivity index (χ4n) is 4.19. The summed E-state index contributed by atoms with van der Waals surface area (Å²) in [7, 11) is 3.29. The van der Waals surface area contributed by atoms with Crippen molar-refractivity contribution < 1.29 is 19.4 Å². The molecular formula is C21H21NO4. The molecule has 2 aromatic rings. The lowest BCUT2D eigenvalue weighted by atomic mass is 9.76. The smallest absolute Gasteiger partial charge is 0.335 e. The van der Waals surface area contributed by atoms with E-state index in [1.165, 1.54) is 0 Å². The molecule has 0 spiro atoms. The van der Waals surface area contributed by atoms with Crippen LogP contribution in [0.25, 0.3) is 0 Å². The third-order valence-electron chi connectivity index (χ3n) is 5.38. The number of aromatic carboxylic acids is 1. The number of benzene rings is 2. The van der Waals surface area contributed by atoms with Crippen molar-refractivity contribution in [3.05, 3.63) is 65.2 Å². The number of rotatable bonds is 4. The Kier molecular flexibility index (Phi) is 4.07. The Bertz CT molecular complexity index is 890. The van der Waals surface area contributed by atoms with Crippen LogP contribution in [0.3, 0.4) is 0 Å². The van der Waals surface area contributed by atoms with Gasteiger partial charge in [0, 0.05) is 17.2 Å². The molecule has 2 aromatic carbocycles. The third-order valence-corrected chi connectivity index (χ3v) is 5.38. The zero-order valence-corrected chi connectivity index (χ0v) is 14.7. The second kappa shape index (κ2) is 6.41. The van der Waals surface area contributed by atoms with E-state index in [4.69, 9.17) is 9.47 Å². The Balaban J connectivity index is 1.81. The second-order valence-electron chi connectivity index (χ2n) is 6.67. The average molecular weight is 351 g/mol. The van der Waals surface area contributed by atoms with Gasteiger partial charge in [-0.3, -0.25) is 0 Å². The molecule has 1 heterocycles. The van der Waals surface area contributed by atoms with Crippen molar-refractivity contribution in [1.82, 2.24) is 0 Å². The maximum atomic E-state index is 11.3. The predicted molar refractivity (Wildman–Crippen MR) is 99.3 cm³/mol. The number of carbonyl (C=O) groups is 1. The summed E-state index contributed by atoms with van der Waals surface area (Å²) in [6, 6.07) is 11.3. The van der Waals surface area contributed by atoms with Gasteiger partial charge in [0.15, 0.2) is 11.5 Å². The van der Waals surface area contributed by atoms with Crippen molar-refractivity contribution >= 4 is 11.7 Å². The van der Waals surface area contributed by atoms with Crippen LogP contribution in [0.5, 0.6) is 11.5 Å². The lowest BCUT2D eigenvalue weighted by Gasteiger charge is -2.38. The minimum atomic E-state index is -0.900. The summed E-state index contributed by atoms with van der Waals surface area (Å²) in [6.07, 6.45) is 5.30. The summed E-state index contributed by atoms with van der Waals surface area (Å²) in [5.74, 6) is 1.03. The molecule has 5 nitrogen and oxygen atoms in total. The highest BCUT2D eigenvalue weighted by atomic mass is 16.5. The minimum Gasteiger partial charge on any atom is -0.493 e. The third kappa shape index (κ3) is 2.51. The second-order valence-corrected chi connectivity index (χ2v) is 6.67. The molecule has 0 unspecified atom stereocenters. The number of fused-ring (bicyclic) bond motifs is 3. The first-order valence-electron chi connectivity index (χ1n) is 8.65. The maximum absolute atomic E-state index is 11.3. The van der Waals surface area contributed by atoms with Crippen molar-refractivity contribution in [2.24, 2.45) is 5.92 Å². The Morgan fingerprint density at radius 1 is 1.15 bits per heavy atom. The standard InChI is InChI=1S/C21H21NO4/c1-25-18-8-4-7-15(20(18)26-2)19-14-6-3-5-13(14)16-11-12(21(23)24)9-10-17(16)22-19/h3-5,7-11,13-14,19,22H,6H2,1-2H3,(H,23,24)/t13-,14-,19+/m1/s1. The number of nitrogens with one attached hydrogen (secondary N) is 1. The molecule has 2 aliphatic rings. The van der Waals surface area contributed by atoms with Gasteiger partial charge in [0.05, 0.1) is 25.8 Å². The monoisotopic (exact) mass is 351 g/mol. The molecule has 2 N–H and O–H groups in total. The number of carboxylic acid groups (broad SMARTS) is 1. The molecule has 134 valence electrons. The average Bonchev–Trinajstić information content (AvgIpc) is 3.16. The molecule has 1 aliphatic carbocycles. The van der Waals surface area contributed by atoms with Crippen LogP contribution in [-0.2, 0) is 0 Å². The number of hydrogen-bond acceptors (Lipinski definition) is 4. The number of allylic oxidation sites excluding steroid dienone is 2. The van der Waals surface area contributed by atoms with Gasteiger partial charge in [-0.05, 0) is 42.2 Å². The van der Waals surface area contributed by atoms with Crippen molar-refractivity contribution in [2.75, 3.05) is 19.5 Å². The Hall–Kier alpha value is -2.95. The largest absolute Gasteiger partial charge is 0.493 e. The van der Waals surface area contributed by atoms with E-state index in [1.807, 2.05) is 18.2 Å². The summed E-state index contributed by atoms with van der Waals surface area (Å²) in [5, 5.41) is 12.9. The van der Waals surface area contributed by atoms with E-state index >= 15 is 0 Å². The highest BCUT2D eigenvalue weighted by molar-refractivity contribution is 5.89. The molecular weight excluding hydrogens is 330 g/mol. The zero-order valence-electron chi connectivity index (χ0n) is 14.7. The number of carboxylic acids is 1. The molecule has 1 aliphatic heterocycles. The predicted octanol–water partition coefficient (Wildman–Crippen LogP) is 4.23. The lowest BCUT2D eigenvalue weighted by Crippen LogP contribution is -2.29. The molecule has 0 saturated carbocycles. The first kappa shape index (κ1) is 16.5. The van der Waals surface area contributed by atoms with Crippen molar-refractivity contribution in [3.8, 4) is 11.5 Å².